The summed E-state index contributed by atoms with van der Waals surface area (Å²) >= 11 is 0. The Labute approximate surface area is 155 Å². The molecule has 1 aromatic rings. The van der Waals surface area contributed by atoms with Crippen molar-refractivity contribution < 1.29 is 25.2 Å². The first kappa shape index (κ1) is 23.6. The van der Waals surface area contributed by atoms with E-state index in [0.29, 0.717) is 10.9 Å². The topological polar surface area (TPSA) is 0 Å². The summed E-state index contributed by atoms with van der Waals surface area (Å²) in [7, 11) is -10.0. The molecule has 2 atom stereocenters. The van der Waals surface area contributed by atoms with E-state index in [2.05, 4.69) is 52.0 Å². The molecule has 154 valence electrons. The van der Waals surface area contributed by atoms with Crippen molar-refractivity contribution in [3.8, 4) is 0 Å². The minimum absolute atomic E-state index is 0.276. The molecule has 8 heteroatoms. The van der Waals surface area contributed by atoms with E-state index in [1.165, 1.54) is 42.8 Å². The Morgan fingerprint density at radius 1 is 1.00 bits per heavy atom. The summed E-state index contributed by atoms with van der Waals surface area (Å²) in [5, 5.41) is 0.862. The van der Waals surface area contributed by atoms with Crippen molar-refractivity contribution in [1.29, 1.82) is 0 Å². The molecule has 0 nitrogen and oxygen atoms in total. The molecular weight excluding hydrogens is 393 g/mol. The Morgan fingerprint density at radius 3 is 1.92 bits per heavy atom. The molecule has 0 aromatic heterocycles. The van der Waals surface area contributed by atoms with Gasteiger partial charge in [-0.05, 0) is 34.7 Å². The summed E-state index contributed by atoms with van der Waals surface area (Å²) in [4.78, 5) is 0. The Kier molecular flexibility index (Phi) is 6.85. The van der Waals surface area contributed by atoms with Gasteiger partial charge in [-0.1, -0.05) is 58.4 Å². The number of rotatable bonds is 4. The van der Waals surface area contributed by atoms with E-state index in [9.17, 15) is 25.2 Å². The van der Waals surface area contributed by atoms with E-state index in [0.717, 1.165) is 5.25 Å². The summed E-state index contributed by atoms with van der Waals surface area (Å²) in [6.07, 6.45) is 5.62. The molecule has 1 aliphatic rings. The molecule has 0 bridgehead atoms. The molecule has 2 rings (SSSR count). The molecule has 1 fully saturated rings. The Balaban J connectivity index is 0.000000412. The Morgan fingerprint density at radius 2 is 1.50 bits per heavy atom. The molecule has 1 aromatic carbocycles. The maximum absolute atomic E-state index is 10.7. The van der Waals surface area contributed by atoms with Crippen molar-refractivity contribution in [3.05, 3.63) is 35.4 Å². The van der Waals surface area contributed by atoms with E-state index in [1.807, 2.05) is 0 Å². The van der Waals surface area contributed by atoms with E-state index in [1.54, 1.807) is 5.56 Å². The fourth-order valence-electron chi connectivity index (χ4n) is 2.89. The first-order valence-electron chi connectivity index (χ1n) is 8.80. The number of hydrogen-bond donors (Lipinski definition) is 0. The van der Waals surface area contributed by atoms with Crippen LogP contribution in [0.3, 0.4) is 0 Å². The van der Waals surface area contributed by atoms with Crippen LogP contribution in [0.5, 0.6) is 0 Å². The van der Waals surface area contributed by atoms with Crippen LogP contribution >= 0.6 is 7.81 Å². The summed E-state index contributed by atoms with van der Waals surface area (Å²) in [5.74, 6) is 2.94. The van der Waals surface area contributed by atoms with E-state index in [4.69, 9.17) is 0 Å². The van der Waals surface area contributed by atoms with E-state index < -0.39 is 7.81 Å². The second kappa shape index (κ2) is 7.54. The van der Waals surface area contributed by atoms with Crippen molar-refractivity contribution in [3.63, 3.8) is 0 Å². The van der Waals surface area contributed by atoms with E-state index >= 15 is 0 Å². The third kappa shape index (κ3) is 10.7. The van der Waals surface area contributed by atoms with Crippen LogP contribution in [0.2, 0.25) is 0 Å². The van der Waals surface area contributed by atoms with Gasteiger partial charge in [-0.25, -0.2) is 0 Å². The zero-order valence-electron chi connectivity index (χ0n) is 15.8. The van der Waals surface area contributed by atoms with Gasteiger partial charge in [0.25, 0.3) is 0 Å². The predicted molar refractivity (Wildman–Crippen MR) is 103 cm³/mol. The molecule has 1 heterocycles. The Bertz CT molecular complexity index is 562. The van der Waals surface area contributed by atoms with Gasteiger partial charge in [-0.15, -0.1) is 0 Å². The molecule has 1 aliphatic heterocycles. The Hall–Kier alpha value is -0.420. The van der Waals surface area contributed by atoms with Crippen molar-refractivity contribution in [2.45, 2.75) is 64.0 Å². The van der Waals surface area contributed by atoms with Gasteiger partial charge in [-0.3, -0.25) is 0 Å². The van der Waals surface area contributed by atoms with Crippen LogP contribution in [0.15, 0.2) is 24.3 Å². The van der Waals surface area contributed by atoms with Crippen LogP contribution in [0.25, 0.3) is 0 Å². The van der Waals surface area contributed by atoms with Gasteiger partial charge in [-0.2, -0.15) is 0 Å². The normalized spacial score (nSPS) is 23.6. The molecule has 0 spiro atoms. The van der Waals surface area contributed by atoms with Crippen molar-refractivity contribution in [2.24, 2.45) is 0 Å². The fraction of sp³-hybridized carbons (Fsp3) is 0.667. The molecule has 26 heavy (non-hydrogen) atoms. The summed E-state index contributed by atoms with van der Waals surface area (Å²) < 4.78 is 59.2. The van der Waals surface area contributed by atoms with Crippen molar-refractivity contribution in [2.75, 3.05) is 11.5 Å². The van der Waals surface area contributed by atoms with Crippen LogP contribution < -0.4 is 0 Å². The summed E-state index contributed by atoms with van der Waals surface area (Å²) in [6, 6.07) is 9.52. The minimum atomic E-state index is -10.7. The third-order valence-corrected chi connectivity index (χ3v) is 7.12. The number of hydrogen-bond acceptors (Lipinski definition) is 0. The van der Waals surface area contributed by atoms with Gasteiger partial charge in [0, 0.05) is 12.0 Å². The molecule has 1 saturated heterocycles. The molecule has 0 radical (unpaired) electrons. The van der Waals surface area contributed by atoms with Crippen LogP contribution in [0.4, 0.5) is 25.2 Å². The molecular formula is C18H29F6PS. The van der Waals surface area contributed by atoms with Crippen LogP contribution in [0, 0.1) is 0 Å². The van der Waals surface area contributed by atoms with E-state index in [-0.39, 0.29) is 5.41 Å². The van der Waals surface area contributed by atoms with Crippen LogP contribution in [-0.2, 0) is 16.3 Å². The number of halogens is 6. The second-order valence-electron chi connectivity index (χ2n) is 7.76. The molecule has 0 N–H and O–H groups in total. The van der Waals surface area contributed by atoms with Gasteiger partial charge < -0.3 is 0 Å². The third-order valence-electron chi connectivity index (χ3n) is 4.18. The second-order valence-corrected chi connectivity index (χ2v) is 12.1. The zero-order valence-corrected chi connectivity index (χ0v) is 17.5. The number of benzene rings is 1. The summed E-state index contributed by atoms with van der Waals surface area (Å²) in [6.45, 7) is 9.20. The molecule has 0 amide bonds. The van der Waals surface area contributed by atoms with Crippen molar-refractivity contribution in [1.82, 2.24) is 0 Å². The maximum atomic E-state index is 9.87. The van der Waals surface area contributed by atoms with Gasteiger partial charge in [0.1, 0.15) is 16.8 Å². The SMILES string of the molecule is CCCC[S+]1CCCC1c1ccc(C(C)(C)C)cc1.F[P-](F)(F)(F)(F)F. The number of unbranched alkanes of at least 4 members (excludes halogenated alkanes) is 1. The summed E-state index contributed by atoms with van der Waals surface area (Å²) in [5.41, 5.74) is 3.34. The average molecular weight is 422 g/mol. The quantitative estimate of drug-likeness (QED) is 0.259. The van der Waals surface area contributed by atoms with Crippen molar-refractivity contribution >= 4 is 18.7 Å². The van der Waals surface area contributed by atoms with Gasteiger partial charge in [0.15, 0.2) is 0 Å². The fourth-order valence-corrected chi connectivity index (χ4v) is 5.91. The molecule has 2 unspecified atom stereocenters. The van der Waals surface area contributed by atoms with Crippen LogP contribution in [0.1, 0.15) is 69.8 Å². The molecule has 0 saturated carbocycles. The zero-order chi connectivity index (χ0) is 20.3. The first-order chi connectivity index (χ1) is 11.5. The van der Waals surface area contributed by atoms with Gasteiger partial charge in [0.2, 0.25) is 0 Å². The van der Waals surface area contributed by atoms with Gasteiger partial charge in [0.05, 0.1) is 0 Å². The first-order valence-corrected chi connectivity index (χ1v) is 12.5. The molecule has 0 aliphatic carbocycles. The predicted octanol–water partition coefficient (Wildman–Crippen LogP) is 8.62. The van der Waals surface area contributed by atoms with Crippen LogP contribution in [-0.4, -0.2) is 11.5 Å². The van der Waals surface area contributed by atoms with Gasteiger partial charge >= 0.3 is 33.0 Å². The standard InChI is InChI=1S/C18H29S.F6P/c1-5-6-13-19-14-7-8-17(19)15-9-11-16(12-10-15)18(2,3)4;1-7(2,3,4,5)6/h9-12,17H,5-8,13-14H2,1-4H3;/q+1;-1. The average Bonchev–Trinajstić information content (AvgIpc) is 2.89. The monoisotopic (exact) mass is 422 g/mol.